The van der Waals surface area contributed by atoms with Crippen molar-refractivity contribution in [3.05, 3.63) is 70.2 Å². The molecule has 0 saturated heterocycles. The Labute approximate surface area is 150 Å². The fourth-order valence-corrected chi connectivity index (χ4v) is 2.38. The molecule has 2 N–H and O–H groups in total. The molecule has 0 heterocycles. The summed E-state index contributed by atoms with van der Waals surface area (Å²) >= 11 is 3.36. The normalized spacial score (nSPS) is 10.6. The van der Waals surface area contributed by atoms with Crippen LogP contribution in [-0.2, 0) is 16.0 Å². The van der Waals surface area contributed by atoms with Gasteiger partial charge < -0.3 is 10.6 Å². The standard InChI is InChI=1S/C19H19BrN2O2/c1-2-15-5-3-4-6-17(15)22-19(24)13-21-18(23)12-9-14-7-10-16(20)11-8-14/h3-12H,2,13H2,1H3,(H,21,23)(H,22,24)/b12-9+. The maximum Gasteiger partial charge on any atom is 0.244 e. The molecule has 0 unspecified atom stereocenters. The van der Waals surface area contributed by atoms with Gasteiger partial charge in [-0.1, -0.05) is 53.2 Å². The van der Waals surface area contributed by atoms with Gasteiger partial charge >= 0.3 is 0 Å². The molecular formula is C19H19BrN2O2. The van der Waals surface area contributed by atoms with Crippen LogP contribution < -0.4 is 10.6 Å². The SMILES string of the molecule is CCc1ccccc1NC(=O)CNC(=O)/C=C/c1ccc(Br)cc1. The molecular weight excluding hydrogens is 368 g/mol. The molecule has 0 aliphatic heterocycles. The van der Waals surface area contributed by atoms with Gasteiger partial charge in [-0.3, -0.25) is 9.59 Å². The van der Waals surface area contributed by atoms with Crippen LogP contribution in [0.4, 0.5) is 5.69 Å². The average molecular weight is 387 g/mol. The van der Waals surface area contributed by atoms with Crippen LogP contribution in [0.1, 0.15) is 18.1 Å². The molecule has 0 spiro atoms. The Bertz CT molecular complexity index is 739. The summed E-state index contributed by atoms with van der Waals surface area (Å²) in [6, 6.07) is 15.2. The van der Waals surface area contributed by atoms with Crippen molar-refractivity contribution in [2.75, 3.05) is 11.9 Å². The van der Waals surface area contributed by atoms with E-state index >= 15 is 0 Å². The quantitative estimate of drug-likeness (QED) is 0.742. The fourth-order valence-electron chi connectivity index (χ4n) is 2.12. The second-order valence-electron chi connectivity index (χ2n) is 5.16. The molecule has 5 heteroatoms. The van der Waals surface area contributed by atoms with Crippen molar-refractivity contribution in [1.29, 1.82) is 0 Å². The smallest absolute Gasteiger partial charge is 0.244 e. The van der Waals surface area contributed by atoms with Gasteiger partial charge in [-0.05, 0) is 41.8 Å². The van der Waals surface area contributed by atoms with Crippen LogP contribution >= 0.6 is 15.9 Å². The lowest BCUT2D eigenvalue weighted by Crippen LogP contribution is -2.31. The highest BCUT2D eigenvalue weighted by Gasteiger charge is 2.06. The highest BCUT2D eigenvalue weighted by molar-refractivity contribution is 9.10. The first-order valence-corrected chi connectivity index (χ1v) is 8.47. The van der Waals surface area contributed by atoms with Gasteiger partial charge in [0.05, 0.1) is 6.54 Å². The maximum absolute atomic E-state index is 11.9. The van der Waals surface area contributed by atoms with Crippen molar-refractivity contribution < 1.29 is 9.59 Å². The first-order chi connectivity index (χ1) is 11.6. The summed E-state index contributed by atoms with van der Waals surface area (Å²) in [6.45, 7) is 1.96. The number of carbonyl (C=O) groups excluding carboxylic acids is 2. The van der Waals surface area contributed by atoms with Gasteiger partial charge in [-0.2, -0.15) is 0 Å². The van der Waals surface area contributed by atoms with E-state index in [1.165, 1.54) is 6.08 Å². The third-order valence-corrected chi connectivity index (χ3v) is 3.92. The summed E-state index contributed by atoms with van der Waals surface area (Å²) in [5.41, 5.74) is 2.76. The predicted octanol–water partition coefficient (Wildman–Crippen LogP) is 3.78. The number of rotatable bonds is 6. The molecule has 0 aromatic heterocycles. The Kier molecular flexibility index (Phi) is 6.75. The van der Waals surface area contributed by atoms with Crippen LogP contribution in [0.3, 0.4) is 0 Å². The average Bonchev–Trinajstić information content (AvgIpc) is 2.60. The summed E-state index contributed by atoms with van der Waals surface area (Å²) in [5.74, 6) is -0.557. The number of carbonyl (C=O) groups is 2. The number of anilines is 1. The minimum absolute atomic E-state index is 0.0679. The van der Waals surface area contributed by atoms with Crippen LogP contribution in [-0.4, -0.2) is 18.4 Å². The molecule has 2 amide bonds. The number of hydrogen-bond acceptors (Lipinski definition) is 2. The number of benzene rings is 2. The number of amides is 2. The van der Waals surface area contributed by atoms with Crippen LogP contribution in [0.5, 0.6) is 0 Å². The van der Waals surface area contributed by atoms with Crippen molar-refractivity contribution in [3.8, 4) is 0 Å². The molecule has 4 nitrogen and oxygen atoms in total. The van der Waals surface area contributed by atoms with Gasteiger partial charge in [0.15, 0.2) is 0 Å². The summed E-state index contributed by atoms with van der Waals surface area (Å²) in [5, 5.41) is 5.39. The second kappa shape index (κ2) is 9.03. The van der Waals surface area contributed by atoms with E-state index in [1.54, 1.807) is 6.08 Å². The topological polar surface area (TPSA) is 58.2 Å². The predicted molar refractivity (Wildman–Crippen MR) is 101 cm³/mol. The number of hydrogen-bond donors (Lipinski definition) is 2. The lowest BCUT2D eigenvalue weighted by atomic mass is 10.1. The summed E-state index contributed by atoms with van der Waals surface area (Å²) in [7, 11) is 0. The molecule has 0 fully saturated rings. The van der Waals surface area contributed by atoms with Crippen LogP contribution in [0.15, 0.2) is 59.1 Å². The maximum atomic E-state index is 11.9. The zero-order valence-corrected chi connectivity index (χ0v) is 15.0. The van der Waals surface area contributed by atoms with Gasteiger partial charge in [-0.15, -0.1) is 0 Å². The van der Waals surface area contributed by atoms with Gasteiger partial charge in [0.25, 0.3) is 0 Å². The molecule has 2 rings (SSSR count). The Balaban J connectivity index is 1.82. The van der Waals surface area contributed by atoms with Gasteiger partial charge in [0.2, 0.25) is 11.8 Å². The van der Waals surface area contributed by atoms with Gasteiger partial charge in [0.1, 0.15) is 0 Å². The molecule has 24 heavy (non-hydrogen) atoms. The van der Waals surface area contributed by atoms with Crippen molar-refractivity contribution in [2.45, 2.75) is 13.3 Å². The molecule has 2 aromatic carbocycles. The molecule has 0 aliphatic rings. The fraction of sp³-hybridized carbons (Fsp3) is 0.158. The largest absolute Gasteiger partial charge is 0.343 e. The summed E-state index contributed by atoms with van der Waals surface area (Å²) in [6.07, 6.45) is 3.95. The minimum Gasteiger partial charge on any atom is -0.343 e. The molecule has 0 atom stereocenters. The van der Waals surface area contributed by atoms with Crippen molar-refractivity contribution >= 4 is 39.5 Å². The third kappa shape index (κ3) is 5.66. The lowest BCUT2D eigenvalue weighted by Gasteiger charge is -2.09. The molecule has 124 valence electrons. The second-order valence-corrected chi connectivity index (χ2v) is 6.08. The van der Waals surface area contributed by atoms with E-state index in [9.17, 15) is 9.59 Å². The van der Waals surface area contributed by atoms with Crippen molar-refractivity contribution in [1.82, 2.24) is 5.32 Å². The lowest BCUT2D eigenvalue weighted by molar-refractivity contribution is -0.121. The van der Waals surface area contributed by atoms with E-state index < -0.39 is 0 Å². The Morgan fingerprint density at radius 3 is 2.50 bits per heavy atom. The van der Waals surface area contributed by atoms with Crippen molar-refractivity contribution in [3.63, 3.8) is 0 Å². The number of halogens is 1. The monoisotopic (exact) mass is 386 g/mol. The van der Waals surface area contributed by atoms with Gasteiger partial charge in [0, 0.05) is 16.2 Å². The molecule has 2 aromatic rings. The van der Waals surface area contributed by atoms with E-state index in [2.05, 4.69) is 26.6 Å². The zero-order valence-electron chi connectivity index (χ0n) is 13.4. The zero-order chi connectivity index (χ0) is 17.4. The summed E-state index contributed by atoms with van der Waals surface area (Å²) < 4.78 is 0.980. The summed E-state index contributed by atoms with van der Waals surface area (Å²) in [4.78, 5) is 23.7. The molecule has 0 bridgehead atoms. The highest BCUT2D eigenvalue weighted by Crippen LogP contribution is 2.15. The van der Waals surface area contributed by atoms with E-state index in [1.807, 2.05) is 55.5 Å². The van der Waals surface area contributed by atoms with E-state index in [-0.39, 0.29) is 18.4 Å². The molecule has 0 saturated carbocycles. The number of nitrogens with one attached hydrogen (secondary N) is 2. The van der Waals surface area contributed by atoms with Crippen molar-refractivity contribution in [2.24, 2.45) is 0 Å². The van der Waals surface area contributed by atoms with Gasteiger partial charge in [-0.25, -0.2) is 0 Å². The molecule has 0 aliphatic carbocycles. The Morgan fingerprint density at radius 2 is 1.79 bits per heavy atom. The van der Waals surface area contributed by atoms with E-state index in [0.29, 0.717) is 0 Å². The first-order valence-electron chi connectivity index (χ1n) is 7.67. The molecule has 0 radical (unpaired) electrons. The first kappa shape index (κ1) is 17.9. The Hall–Kier alpha value is -2.40. The van der Waals surface area contributed by atoms with E-state index in [4.69, 9.17) is 0 Å². The Morgan fingerprint density at radius 1 is 1.08 bits per heavy atom. The van der Waals surface area contributed by atoms with E-state index in [0.717, 1.165) is 27.7 Å². The van der Waals surface area contributed by atoms with Crippen LogP contribution in [0.2, 0.25) is 0 Å². The third-order valence-electron chi connectivity index (χ3n) is 3.39. The highest BCUT2D eigenvalue weighted by atomic mass is 79.9. The number of aryl methyl sites for hydroxylation is 1. The van der Waals surface area contributed by atoms with Crippen LogP contribution in [0, 0.1) is 0 Å². The van der Waals surface area contributed by atoms with Crippen LogP contribution in [0.25, 0.3) is 6.08 Å². The minimum atomic E-state index is -0.308. The number of para-hydroxylation sites is 1.